The zero-order valence-electron chi connectivity index (χ0n) is 17.4. The molecule has 3 rings (SSSR count). The number of para-hydroxylation sites is 2. The molecule has 0 bridgehead atoms. The quantitative estimate of drug-likeness (QED) is 0.157. The minimum absolute atomic E-state index is 0.0288. The van der Waals surface area contributed by atoms with Crippen molar-refractivity contribution in [3.05, 3.63) is 98.0 Å². The first kappa shape index (κ1) is 23.6. The summed E-state index contributed by atoms with van der Waals surface area (Å²) in [6.45, 7) is 1.44. The summed E-state index contributed by atoms with van der Waals surface area (Å²) in [4.78, 5) is 34.8. The fourth-order valence-corrected chi connectivity index (χ4v) is 3.02. The average Bonchev–Trinajstić information content (AvgIpc) is 2.80. The zero-order valence-corrected chi connectivity index (χ0v) is 18.9. The summed E-state index contributed by atoms with van der Waals surface area (Å²) in [6.07, 6.45) is 1.31. The van der Waals surface area contributed by atoms with Crippen LogP contribution in [-0.2, 0) is 4.79 Å². The Balaban J connectivity index is 1.63. The second-order valence-corrected chi connectivity index (χ2v) is 7.66. The number of benzene rings is 3. The summed E-state index contributed by atoms with van der Waals surface area (Å²) in [7, 11) is 0. The summed E-state index contributed by atoms with van der Waals surface area (Å²) in [5.74, 6) is -0.941. The van der Waals surface area contributed by atoms with E-state index in [1.165, 1.54) is 24.4 Å². The summed E-state index contributed by atoms with van der Waals surface area (Å²) >= 11 is 3.34. The monoisotopic (exact) mass is 511 g/mol. The third-order valence-electron chi connectivity index (χ3n) is 4.28. The number of ether oxygens (including phenoxy) is 2. The molecule has 3 aromatic carbocycles. The number of carbonyl (C=O) groups is 2. The van der Waals surface area contributed by atoms with Crippen LogP contribution in [0.1, 0.15) is 21.5 Å². The Morgan fingerprint density at radius 1 is 1.09 bits per heavy atom. The van der Waals surface area contributed by atoms with E-state index >= 15 is 0 Å². The van der Waals surface area contributed by atoms with Crippen molar-refractivity contribution in [2.24, 2.45) is 5.10 Å². The van der Waals surface area contributed by atoms with Crippen LogP contribution in [0.15, 0.2) is 76.3 Å². The SMILES string of the molecule is Cc1ccc(C(=O)Oc2ccc(Br)cc2/C=N\NC(=O)COc2ccccc2[N+](=O)[O-])cc1. The number of nitrogens with one attached hydrogen (secondary N) is 1. The predicted octanol–water partition coefficient (Wildman–Crippen LogP) is 4.41. The van der Waals surface area contributed by atoms with Crippen LogP contribution in [-0.4, -0.2) is 29.6 Å². The first-order chi connectivity index (χ1) is 15.8. The molecule has 0 aliphatic carbocycles. The lowest BCUT2D eigenvalue weighted by atomic mass is 10.1. The maximum atomic E-state index is 12.4. The van der Waals surface area contributed by atoms with Crippen LogP contribution in [0.4, 0.5) is 5.69 Å². The van der Waals surface area contributed by atoms with Crippen molar-refractivity contribution in [2.75, 3.05) is 6.61 Å². The lowest BCUT2D eigenvalue weighted by Gasteiger charge is -2.08. The molecule has 9 nitrogen and oxygen atoms in total. The van der Waals surface area contributed by atoms with Crippen LogP contribution < -0.4 is 14.9 Å². The van der Waals surface area contributed by atoms with Gasteiger partial charge >= 0.3 is 11.7 Å². The van der Waals surface area contributed by atoms with Gasteiger partial charge in [0.25, 0.3) is 5.91 Å². The van der Waals surface area contributed by atoms with Crippen molar-refractivity contribution in [3.63, 3.8) is 0 Å². The number of carbonyl (C=O) groups excluding carboxylic acids is 2. The van der Waals surface area contributed by atoms with Crippen molar-refractivity contribution in [3.8, 4) is 11.5 Å². The predicted molar refractivity (Wildman–Crippen MR) is 125 cm³/mol. The van der Waals surface area contributed by atoms with Crippen LogP contribution >= 0.6 is 15.9 Å². The molecule has 0 spiro atoms. The molecule has 10 heteroatoms. The van der Waals surface area contributed by atoms with Crippen LogP contribution in [0, 0.1) is 17.0 Å². The van der Waals surface area contributed by atoms with Gasteiger partial charge in [0.15, 0.2) is 12.4 Å². The Bertz CT molecular complexity index is 1210. The van der Waals surface area contributed by atoms with E-state index in [0.717, 1.165) is 5.56 Å². The van der Waals surface area contributed by atoms with E-state index in [4.69, 9.17) is 9.47 Å². The Morgan fingerprint density at radius 3 is 2.55 bits per heavy atom. The zero-order chi connectivity index (χ0) is 23.8. The van der Waals surface area contributed by atoms with Gasteiger partial charge in [0.1, 0.15) is 5.75 Å². The minimum Gasteiger partial charge on any atom is -0.477 e. The third-order valence-corrected chi connectivity index (χ3v) is 4.77. The Morgan fingerprint density at radius 2 is 1.82 bits per heavy atom. The molecular weight excluding hydrogens is 494 g/mol. The molecular formula is C23H18BrN3O6. The van der Waals surface area contributed by atoms with Crippen molar-refractivity contribution in [2.45, 2.75) is 6.92 Å². The second-order valence-electron chi connectivity index (χ2n) is 6.74. The molecule has 0 unspecified atom stereocenters. The minimum atomic E-state index is -0.627. The van der Waals surface area contributed by atoms with Gasteiger partial charge in [-0.25, -0.2) is 10.2 Å². The number of hydrazone groups is 1. The molecule has 3 aromatic rings. The molecule has 1 N–H and O–H groups in total. The standard InChI is InChI=1S/C23H18BrN3O6/c1-15-6-8-16(9-7-15)23(29)33-20-11-10-18(24)12-17(20)13-25-26-22(28)14-32-21-5-3-2-4-19(21)27(30)31/h2-13H,14H2,1H3,(H,26,28)/b25-13-. The molecule has 0 aliphatic rings. The van der Waals surface area contributed by atoms with Gasteiger partial charge in [-0.05, 0) is 43.3 Å². The number of nitro benzene ring substituents is 1. The highest BCUT2D eigenvalue weighted by Gasteiger charge is 2.15. The molecule has 0 atom stereocenters. The van der Waals surface area contributed by atoms with Crippen LogP contribution in [0.2, 0.25) is 0 Å². The number of hydrogen-bond acceptors (Lipinski definition) is 7. The lowest BCUT2D eigenvalue weighted by molar-refractivity contribution is -0.385. The topological polar surface area (TPSA) is 120 Å². The van der Waals surface area contributed by atoms with Gasteiger partial charge in [-0.3, -0.25) is 14.9 Å². The van der Waals surface area contributed by atoms with Gasteiger partial charge in [0.05, 0.1) is 16.7 Å². The molecule has 168 valence electrons. The van der Waals surface area contributed by atoms with E-state index in [1.54, 1.807) is 36.4 Å². The number of esters is 1. The number of amides is 1. The molecule has 0 aromatic heterocycles. The number of hydrogen-bond donors (Lipinski definition) is 1. The normalized spacial score (nSPS) is 10.6. The van der Waals surface area contributed by atoms with E-state index < -0.39 is 23.4 Å². The van der Waals surface area contributed by atoms with Gasteiger partial charge in [0.2, 0.25) is 0 Å². The summed E-state index contributed by atoms with van der Waals surface area (Å²) < 4.78 is 11.4. The highest BCUT2D eigenvalue weighted by molar-refractivity contribution is 9.10. The molecule has 0 saturated heterocycles. The van der Waals surface area contributed by atoms with Gasteiger partial charge in [-0.1, -0.05) is 45.8 Å². The third kappa shape index (κ3) is 6.71. The van der Waals surface area contributed by atoms with Crippen molar-refractivity contribution >= 4 is 39.7 Å². The number of rotatable bonds is 8. The lowest BCUT2D eigenvalue weighted by Crippen LogP contribution is -2.24. The smallest absolute Gasteiger partial charge is 0.343 e. The van der Waals surface area contributed by atoms with Crippen LogP contribution in [0.25, 0.3) is 0 Å². The Kier molecular flexibility index (Phi) is 7.87. The molecule has 1 amide bonds. The van der Waals surface area contributed by atoms with E-state index in [-0.39, 0.29) is 17.2 Å². The Labute approximate surface area is 197 Å². The van der Waals surface area contributed by atoms with E-state index in [9.17, 15) is 19.7 Å². The largest absolute Gasteiger partial charge is 0.477 e. The maximum Gasteiger partial charge on any atom is 0.343 e. The molecule has 0 fully saturated rings. The van der Waals surface area contributed by atoms with E-state index in [1.807, 2.05) is 19.1 Å². The summed E-state index contributed by atoms with van der Waals surface area (Å²) in [5.41, 5.74) is 3.87. The second kappa shape index (κ2) is 11.0. The summed E-state index contributed by atoms with van der Waals surface area (Å²) in [5, 5.41) is 14.9. The molecule has 0 heterocycles. The number of aryl methyl sites for hydroxylation is 1. The first-order valence-corrected chi connectivity index (χ1v) is 10.4. The van der Waals surface area contributed by atoms with Gasteiger partial charge < -0.3 is 9.47 Å². The average molecular weight is 512 g/mol. The van der Waals surface area contributed by atoms with Gasteiger partial charge in [0, 0.05) is 16.1 Å². The molecule has 33 heavy (non-hydrogen) atoms. The fourth-order valence-electron chi connectivity index (χ4n) is 2.64. The number of nitrogens with zero attached hydrogens (tertiary/aromatic N) is 2. The number of halogens is 1. The molecule has 0 aliphatic heterocycles. The maximum absolute atomic E-state index is 12.4. The van der Waals surface area contributed by atoms with Crippen LogP contribution in [0.3, 0.4) is 0 Å². The highest BCUT2D eigenvalue weighted by Crippen LogP contribution is 2.25. The summed E-state index contributed by atoms with van der Waals surface area (Å²) in [6, 6.07) is 17.6. The van der Waals surface area contributed by atoms with Crippen LogP contribution in [0.5, 0.6) is 11.5 Å². The van der Waals surface area contributed by atoms with Crippen molar-refractivity contribution in [1.82, 2.24) is 5.43 Å². The van der Waals surface area contributed by atoms with E-state index in [0.29, 0.717) is 15.6 Å². The first-order valence-electron chi connectivity index (χ1n) is 9.60. The van der Waals surface area contributed by atoms with Gasteiger partial charge in [-0.15, -0.1) is 0 Å². The molecule has 0 saturated carbocycles. The van der Waals surface area contributed by atoms with E-state index in [2.05, 4.69) is 26.5 Å². The van der Waals surface area contributed by atoms with Crippen molar-refractivity contribution in [1.29, 1.82) is 0 Å². The van der Waals surface area contributed by atoms with Crippen molar-refractivity contribution < 1.29 is 24.0 Å². The molecule has 0 radical (unpaired) electrons. The Hall–Kier alpha value is -4.05. The van der Waals surface area contributed by atoms with Gasteiger partial charge in [-0.2, -0.15) is 5.10 Å². The fraction of sp³-hybridized carbons (Fsp3) is 0.0870. The highest BCUT2D eigenvalue weighted by atomic mass is 79.9. The number of nitro groups is 1.